The summed E-state index contributed by atoms with van der Waals surface area (Å²) in [5.74, 6) is 0.0424. The standard InChI is InChI=1S/C21H17F3N2O2/c22-21(23,24)16-6-3-5-15(12-16)20(27)26-11-10-17(13-26)28-19-9-8-14-4-1-2-7-18(14)25-19/h1-9,12,17H,10-11,13H2/t17-/m0/s1. The Hall–Kier alpha value is -3.09. The van der Waals surface area contributed by atoms with Gasteiger partial charge in [0.15, 0.2) is 0 Å². The van der Waals surface area contributed by atoms with Gasteiger partial charge in [0, 0.05) is 30.0 Å². The Morgan fingerprint density at radius 3 is 2.71 bits per heavy atom. The first-order valence-corrected chi connectivity index (χ1v) is 8.89. The van der Waals surface area contributed by atoms with Crippen molar-refractivity contribution in [2.45, 2.75) is 18.7 Å². The lowest BCUT2D eigenvalue weighted by molar-refractivity contribution is -0.137. The van der Waals surface area contributed by atoms with E-state index in [9.17, 15) is 18.0 Å². The molecule has 0 unspecified atom stereocenters. The first-order chi connectivity index (χ1) is 13.4. The van der Waals surface area contributed by atoms with Gasteiger partial charge in [-0.15, -0.1) is 0 Å². The summed E-state index contributed by atoms with van der Waals surface area (Å²) in [5.41, 5.74) is 0.0138. The predicted octanol–water partition coefficient (Wildman–Crippen LogP) is 4.55. The molecular formula is C21H17F3N2O2. The van der Waals surface area contributed by atoms with Gasteiger partial charge < -0.3 is 9.64 Å². The van der Waals surface area contributed by atoms with Crippen LogP contribution in [0.1, 0.15) is 22.3 Å². The normalized spacial score (nSPS) is 17.1. The fourth-order valence-corrected chi connectivity index (χ4v) is 3.30. The highest BCUT2D eigenvalue weighted by Crippen LogP contribution is 2.30. The van der Waals surface area contributed by atoms with E-state index in [2.05, 4.69) is 4.98 Å². The van der Waals surface area contributed by atoms with E-state index in [1.807, 2.05) is 30.3 Å². The molecule has 1 fully saturated rings. The molecule has 3 aromatic rings. The number of likely N-dealkylation sites (tertiary alicyclic amines) is 1. The Labute approximate surface area is 159 Å². The van der Waals surface area contributed by atoms with Crippen molar-refractivity contribution < 1.29 is 22.7 Å². The van der Waals surface area contributed by atoms with Crippen molar-refractivity contribution in [1.82, 2.24) is 9.88 Å². The number of carbonyl (C=O) groups is 1. The number of carbonyl (C=O) groups excluding carboxylic acids is 1. The van der Waals surface area contributed by atoms with Gasteiger partial charge in [0.1, 0.15) is 6.10 Å². The lowest BCUT2D eigenvalue weighted by Crippen LogP contribution is -2.31. The molecule has 2 heterocycles. The van der Waals surface area contributed by atoms with Crippen molar-refractivity contribution in [2.75, 3.05) is 13.1 Å². The maximum absolute atomic E-state index is 12.9. The van der Waals surface area contributed by atoms with Crippen molar-refractivity contribution in [1.29, 1.82) is 0 Å². The van der Waals surface area contributed by atoms with Crippen molar-refractivity contribution in [3.05, 3.63) is 71.8 Å². The average molecular weight is 386 g/mol. The molecule has 28 heavy (non-hydrogen) atoms. The fraction of sp³-hybridized carbons (Fsp3) is 0.238. The van der Waals surface area contributed by atoms with Gasteiger partial charge in [-0.2, -0.15) is 13.2 Å². The SMILES string of the molecule is O=C(c1cccc(C(F)(F)F)c1)N1CC[C@H](Oc2ccc3ccccc3n2)C1. The highest BCUT2D eigenvalue weighted by atomic mass is 19.4. The van der Waals surface area contributed by atoms with Crippen LogP contribution in [-0.4, -0.2) is 35.0 Å². The molecule has 1 atom stereocenters. The van der Waals surface area contributed by atoms with Gasteiger partial charge in [0.2, 0.25) is 5.88 Å². The van der Waals surface area contributed by atoms with E-state index in [0.717, 1.165) is 23.0 Å². The first-order valence-electron chi connectivity index (χ1n) is 8.89. The second kappa shape index (κ2) is 7.14. The molecule has 0 saturated carbocycles. The number of hydrogen-bond donors (Lipinski definition) is 0. The van der Waals surface area contributed by atoms with Gasteiger partial charge in [-0.3, -0.25) is 4.79 Å². The van der Waals surface area contributed by atoms with Crippen LogP contribution in [-0.2, 0) is 6.18 Å². The van der Waals surface area contributed by atoms with Gasteiger partial charge in [-0.05, 0) is 30.3 Å². The molecule has 1 amide bonds. The van der Waals surface area contributed by atoms with Crippen molar-refractivity contribution >= 4 is 16.8 Å². The summed E-state index contributed by atoms with van der Waals surface area (Å²) in [7, 11) is 0. The molecule has 1 aliphatic rings. The van der Waals surface area contributed by atoms with Crippen LogP contribution in [0.15, 0.2) is 60.7 Å². The Bertz CT molecular complexity index is 1020. The van der Waals surface area contributed by atoms with Crippen LogP contribution in [0.5, 0.6) is 5.88 Å². The minimum atomic E-state index is -4.48. The molecule has 4 nitrogen and oxygen atoms in total. The quantitative estimate of drug-likeness (QED) is 0.663. The number of para-hydroxylation sites is 1. The van der Waals surface area contributed by atoms with E-state index in [0.29, 0.717) is 25.4 Å². The molecule has 2 aromatic carbocycles. The van der Waals surface area contributed by atoms with Crippen LogP contribution < -0.4 is 4.74 Å². The number of hydrogen-bond acceptors (Lipinski definition) is 3. The van der Waals surface area contributed by atoms with Gasteiger partial charge in [-0.25, -0.2) is 4.98 Å². The zero-order valence-electron chi connectivity index (χ0n) is 14.8. The monoisotopic (exact) mass is 386 g/mol. The molecule has 0 bridgehead atoms. The second-order valence-corrected chi connectivity index (χ2v) is 6.70. The van der Waals surface area contributed by atoms with Crippen LogP contribution >= 0.6 is 0 Å². The zero-order valence-corrected chi connectivity index (χ0v) is 14.8. The number of halogens is 3. The fourth-order valence-electron chi connectivity index (χ4n) is 3.30. The third-order valence-corrected chi connectivity index (χ3v) is 4.73. The Balaban J connectivity index is 1.44. The molecule has 1 aliphatic heterocycles. The highest BCUT2D eigenvalue weighted by Gasteiger charge is 2.33. The first kappa shape index (κ1) is 18.3. The number of alkyl halides is 3. The van der Waals surface area contributed by atoms with Crippen LogP contribution in [0.4, 0.5) is 13.2 Å². The summed E-state index contributed by atoms with van der Waals surface area (Å²) in [6.07, 6.45) is -4.13. The lowest BCUT2D eigenvalue weighted by atomic mass is 10.1. The van der Waals surface area contributed by atoms with Gasteiger partial charge in [0.25, 0.3) is 5.91 Å². The average Bonchev–Trinajstić information content (AvgIpc) is 3.15. The maximum atomic E-state index is 12.9. The maximum Gasteiger partial charge on any atom is 0.416 e. The summed E-state index contributed by atoms with van der Waals surface area (Å²) in [4.78, 5) is 18.6. The van der Waals surface area contributed by atoms with E-state index < -0.39 is 17.6 Å². The number of ether oxygens (including phenoxy) is 1. The van der Waals surface area contributed by atoms with E-state index in [1.54, 1.807) is 6.07 Å². The number of aromatic nitrogens is 1. The molecule has 1 aromatic heterocycles. The molecule has 144 valence electrons. The number of fused-ring (bicyclic) bond motifs is 1. The molecule has 0 radical (unpaired) electrons. The Kier molecular flexibility index (Phi) is 4.66. The van der Waals surface area contributed by atoms with Crippen LogP contribution in [0.2, 0.25) is 0 Å². The third-order valence-electron chi connectivity index (χ3n) is 4.73. The van der Waals surface area contributed by atoms with E-state index in [4.69, 9.17) is 4.74 Å². The minimum absolute atomic E-state index is 0.0271. The molecule has 7 heteroatoms. The number of nitrogens with zero attached hydrogens (tertiary/aromatic N) is 2. The molecule has 0 N–H and O–H groups in total. The molecular weight excluding hydrogens is 369 g/mol. The smallest absolute Gasteiger partial charge is 0.416 e. The van der Waals surface area contributed by atoms with Crippen LogP contribution in [0.3, 0.4) is 0 Å². The molecule has 4 rings (SSSR count). The number of amides is 1. The van der Waals surface area contributed by atoms with Crippen molar-refractivity contribution in [3.63, 3.8) is 0 Å². The van der Waals surface area contributed by atoms with E-state index in [-0.39, 0.29) is 11.7 Å². The third kappa shape index (κ3) is 3.78. The van der Waals surface area contributed by atoms with Gasteiger partial charge in [0.05, 0.1) is 17.6 Å². The predicted molar refractivity (Wildman–Crippen MR) is 98.1 cm³/mol. The minimum Gasteiger partial charge on any atom is -0.472 e. The lowest BCUT2D eigenvalue weighted by Gasteiger charge is -2.18. The van der Waals surface area contributed by atoms with Crippen LogP contribution in [0.25, 0.3) is 10.9 Å². The molecule has 0 spiro atoms. The van der Waals surface area contributed by atoms with Gasteiger partial charge in [-0.1, -0.05) is 24.3 Å². The summed E-state index contributed by atoms with van der Waals surface area (Å²) in [6, 6.07) is 15.9. The van der Waals surface area contributed by atoms with Crippen molar-refractivity contribution in [2.24, 2.45) is 0 Å². The Morgan fingerprint density at radius 1 is 1.07 bits per heavy atom. The zero-order chi connectivity index (χ0) is 19.7. The number of benzene rings is 2. The van der Waals surface area contributed by atoms with E-state index >= 15 is 0 Å². The summed E-state index contributed by atoms with van der Waals surface area (Å²) in [6.45, 7) is 0.733. The van der Waals surface area contributed by atoms with Gasteiger partial charge >= 0.3 is 6.18 Å². The summed E-state index contributed by atoms with van der Waals surface area (Å²) in [5, 5.41) is 1.00. The largest absolute Gasteiger partial charge is 0.472 e. The summed E-state index contributed by atoms with van der Waals surface area (Å²) < 4.78 is 44.5. The highest BCUT2D eigenvalue weighted by molar-refractivity contribution is 5.94. The molecule has 0 aliphatic carbocycles. The van der Waals surface area contributed by atoms with E-state index in [1.165, 1.54) is 17.0 Å². The van der Waals surface area contributed by atoms with Crippen molar-refractivity contribution in [3.8, 4) is 5.88 Å². The van der Waals surface area contributed by atoms with Crippen LogP contribution in [0, 0.1) is 0 Å². The summed E-state index contributed by atoms with van der Waals surface area (Å²) >= 11 is 0. The number of pyridine rings is 1. The molecule has 1 saturated heterocycles. The number of rotatable bonds is 3. The second-order valence-electron chi connectivity index (χ2n) is 6.70. The topological polar surface area (TPSA) is 42.4 Å². The Morgan fingerprint density at radius 2 is 1.89 bits per heavy atom.